The minimum absolute atomic E-state index is 0.00318. The first-order chi connectivity index (χ1) is 13.5. The van der Waals surface area contributed by atoms with Crippen LogP contribution in [0.15, 0.2) is 47.4 Å². The lowest BCUT2D eigenvalue weighted by Gasteiger charge is -2.11. The van der Waals surface area contributed by atoms with Crippen molar-refractivity contribution < 1.29 is 13.2 Å². The van der Waals surface area contributed by atoms with Crippen LogP contribution >= 0.6 is 0 Å². The molecule has 1 saturated heterocycles. The zero-order valence-corrected chi connectivity index (χ0v) is 16.9. The predicted octanol–water partition coefficient (Wildman–Crippen LogP) is 4.73. The van der Waals surface area contributed by atoms with Gasteiger partial charge in [-0.3, -0.25) is 4.72 Å². The Kier molecular flexibility index (Phi) is 5.12. The van der Waals surface area contributed by atoms with Crippen molar-refractivity contribution >= 4 is 26.7 Å². The summed E-state index contributed by atoms with van der Waals surface area (Å²) in [5.41, 5.74) is 3.23. The van der Waals surface area contributed by atoms with Gasteiger partial charge in [0.1, 0.15) is 11.9 Å². The molecule has 4 rings (SSSR count). The van der Waals surface area contributed by atoms with E-state index in [4.69, 9.17) is 4.74 Å². The molecule has 2 aromatic carbocycles. The Morgan fingerprint density at radius 2 is 2.04 bits per heavy atom. The number of sulfonamides is 1. The molecule has 28 heavy (non-hydrogen) atoms. The highest BCUT2D eigenvalue weighted by atomic mass is 32.2. The standard InChI is InChI=1S/C21H25N3O3S/c1-3-14(2)15-6-9-17(10-7-15)28(25,26)24-16-8-11-18-19(13-16)23-21(22-18)20-5-4-12-27-20/h6-11,13-14,20,24H,3-5,12H2,1-2H3,(H,22,23). The van der Waals surface area contributed by atoms with E-state index >= 15 is 0 Å². The van der Waals surface area contributed by atoms with Gasteiger partial charge in [0.15, 0.2) is 0 Å². The molecular formula is C21H25N3O3S. The van der Waals surface area contributed by atoms with Crippen LogP contribution in [-0.2, 0) is 14.8 Å². The first kappa shape index (κ1) is 19.0. The van der Waals surface area contributed by atoms with E-state index in [1.165, 1.54) is 0 Å². The van der Waals surface area contributed by atoms with E-state index < -0.39 is 10.0 Å². The molecule has 0 saturated carbocycles. The van der Waals surface area contributed by atoms with Gasteiger partial charge in [0.05, 0.1) is 21.6 Å². The smallest absolute Gasteiger partial charge is 0.261 e. The Labute approximate surface area is 165 Å². The third-order valence-corrected chi connectivity index (χ3v) is 6.76. The molecule has 2 heterocycles. The Morgan fingerprint density at radius 3 is 2.71 bits per heavy atom. The minimum Gasteiger partial charge on any atom is -0.370 e. The summed E-state index contributed by atoms with van der Waals surface area (Å²) < 4.78 is 33.8. The highest BCUT2D eigenvalue weighted by Gasteiger charge is 2.21. The van der Waals surface area contributed by atoms with Gasteiger partial charge in [0, 0.05) is 6.61 Å². The van der Waals surface area contributed by atoms with Gasteiger partial charge in [-0.25, -0.2) is 13.4 Å². The molecule has 1 aliphatic heterocycles. The van der Waals surface area contributed by atoms with Crippen molar-refractivity contribution in [1.29, 1.82) is 0 Å². The highest BCUT2D eigenvalue weighted by molar-refractivity contribution is 7.92. The molecule has 0 aliphatic carbocycles. The van der Waals surface area contributed by atoms with Gasteiger partial charge in [-0.2, -0.15) is 0 Å². The fourth-order valence-corrected chi connectivity index (χ4v) is 4.51. The van der Waals surface area contributed by atoms with Crippen LogP contribution in [0.3, 0.4) is 0 Å². The number of hydrogen-bond donors (Lipinski definition) is 2. The molecule has 0 spiro atoms. The molecule has 0 bridgehead atoms. The second-order valence-electron chi connectivity index (χ2n) is 7.34. The van der Waals surface area contributed by atoms with Gasteiger partial charge in [-0.1, -0.05) is 26.0 Å². The van der Waals surface area contributed by atoms with Gasteiger partial charge >= 0.3 is 0 Å². The average molecular weight is 400 g/mol. The number of ether oxygens (including phenoxy) is 1. The van der Waals surface area contributed by atoms with Gasteiger partial charge in [0.25, 0.3) is 10.0 Å². The highest BCUT2D eigenvalue weighted by Crippen LogP contribution is 2.29. The van der Waals surface area contributed by atoms with Crippen LogP contribution in [0, 0.1) is 0 Å². The first-order valence-electron chi connectivity index (χ1n) is 9.70. The van der Waals surface area contributed by atoms with Crippen molar-refractivity contribution in [2.24, 2.45) is 0 Å². The molecule has 2 unspecified atom stereocenters. The number of benzene rings is 2. The lowest BCUT2D eigenvalue weighted by atomic mass is 9.99. The minimum atomic E-state index is -3.65. The van der Waals surface area contributed by atoms with Crippen LogP contribution in [0.2, 0.25) is 0 Å². The average Bonchev–Trinajstić information content (AvgIpc) is 3.36. The molecule has 0 amide bonds. The molecule has 6 nitrogen and oxygen atoms in total. The number of fused-ring (bicyclic) bond motifs is 1. The van der Waals surface area contributed by atoms with Crippen LogP contribution in [0.1, 0.15) is 56.5 Å². The second-order valence-corrected chi connectivity index (χ2v) is 9.02. The van der Waals surface area contributed by atoms with Gasteiger partial charge in [-0.05, 0) is 61.1 Å². The molecule has 2 atom stereocenters. The maximum atomic E-state index is 12.7. The summed E-state index contributed by atoms with van der Waals surface area (Å²) in [4.78, 5) is 8.08. The molecule has 0 radical (unpaired) electrons. The molecule has 1 aromatic heterocycles. The van der Waals surface area contributed by atoms with Crippen molar-refractivity contribution in [3.63, 3.8) is 0 Å². The fraction of sp³-hybridized carbons (Fsp3) is 0.381. The summed E-state index contributed by atoms with van der Waals surface area (Å²) in [6.45, 7) is 5.00. The monoisotopic (exact) mass is 399 g/mol. The molecule has 1 aliphatic rings. The number of anilines is 1. The van der Waals surface area contributed by atoms with E-state index in [0.717, 1.165) is 48.3 Å². The quantitative estimate of drug-likeness (QED) is 0.628. The number of imidazole rings is 1. The first-order valence-corrected chi connectivity index (χ1v) is 11.2. The summed E-state index contributed by atoms with van der Waals surface area (Å²) in [6.07, 6.45) is 2.99. The third kappa shape index (κ3) is 3.77. The molecule has 7 heteroatoms. The van der Waals surface area contributed by atoms with Crippen LogP contribution in [0.4, 0.5) is 5.69 Å². The Bertz CT molecular complexity index is 1070. The summed E-state index contributed by atoms with van der Waals surface area (Å²) >= 11 is 0. The van der Waals surface area contributed by atoms with E-state index in [0.29, 0.717) is 11.6 Å². The number of nitrogens with one attached hydrogen (secondary N) is 2. The third-order valence-electron chi connectivity index (χ3n) is 5.36. The van der Waals surface area contributed by atoms with E-state index in [9.17, 15) is 8.42 Å². The zero-order valence-electron chi connectivity index (χ0n) is 16.1. The van der Waals surface area contributed by atoms with Gasteiger partial charge in [0.2, 0.25) is 0 Å². The van der Waals surface area contributed by atoms with Crippen LogP contribution < -0.4 is 4.72 Å². The molecule has 3 aromatic rings. The van der Waals surface area contributed by atoms with E-state index in [1.54, 1.807) is 24.3 Å². The SMILES string of the molecule is CCC(C)c1ccc(S(=O)(=O)Nc2ccc3nc(C4CCCO4)[nH]c3c2)cc1. The zero-order chi connectivity index (χ0) is 19.7. The summed E-state index contributed by atoms with van der Waals surface area (Å²) in [7, 11) is -3.65. The maximum absolute atomic E-state index is 12.7. The van der Waals surface area contributed by atoms with E-state index in [2.05, 4.69) is 28.5 Å². The molecule has 148 valence electrons. The molecule has 1 fully saturated rings. The molecular weight excluding hydrogens is 374 g/mol. The van der Waals surface area contributed by atoms with Crippen molar-refractivity contribution in [2.45, 2.75) is 50.0 Å². The number of H-pyrrole nitrogens is 1. The lowest BCUT2D eigenvalue weighted by molar-refractivity contribution is 0.106. The maximum Gasteiger partial charge on any atom is 0.261 e. The predicted molar refractivity (Wildman–Crippen MR) is 110 cm³/mol. The number of hydrogen-bond acceptors (Lipinski definition) is 4. The van der Waals surface area contributed by atoms with Gasteiger partial charge < -0.3 is 9.72 Å². The van der Waals surface area contributed by atoms with Gasteiger partial charge in [-0.15, -0.1) is 0 Å². The second kappa shape index (κ2) is 7.56. The Balaban J connectivity index is 1.56. The summed E-state index contributed by atoms with van der Waals surface area (Å²) in [6, 6.07) is 12.4. The number of aromatic amines is 1. The topological polar surface area (TPSA) is 84.1 Å². The fourth-order valence-electron chi connectivity index (χ4n) is 3.46. The van der Waals surface area contributed by atoms with Crippen LogP contribution in [0.5, 0.6) is 0 Å². The largest absolute Gasteiger partial charge is 0.370 e. The van der Waals surface area contributed by atoms with Crippen LogP contribution in [0.25, 0.3) is 11.0 Å². The van der Waals surface area contributed by atoms with Crippen molar-refractivity contribution in [3.05, 3.63) is 53.9 Å². The summed E-state index contributed by atoms with van der Waals surface area (Å²) in [5, 5.41) is 0. The van der Waals surface area contributed by atoms with Crippen LogP contribution in [-0.4, -0.2) is 25.0 Å². The summed E-state index contributed by atoms with van der Waals surface area (Å²) in [5.74, 6) is 1.21. The normalized spacial score (nSPS) is 18.4. The lowest BCUT2D eigenvalue weighted by Crippen LogP contribution is -2.13. The Morgan fingerprint density at radius 1 is 1.25 bits per heavy atom. The number of nitrogens with zero attached hydrogens (tertiary/aromatic N) is 1. The number of rotatable bonds is 6. The number of aromatic nitrogens is 2. The van der Waals surface area contributed by atoms with Crippen molar-refractivity contribution in [3.8, 4) is 0 Å². The Hall–Kier alpha value is -2.38. The molecule has 2 N–H and O–H groups in total. The van der Waals surface area contributed by atoms with E-state index in [-0.39, 0.29) is 11.0 Å². The van der Waals surface area contributed by atoms with E-state index in [1.807, 2.05) is 18.2 Å². The van der Waals surface area contributed by atoms with Crippen molar-refractivity contribution in [2.75, 3.05) is 11.3 Å². The van der Waals surface area contributed by atoms with Crippen molar-refractivity contribution in [1.82, 2.24) is 9.97 Å².